The molecule has 0 radical (unpaired) electrons. The van der Waals surface area contributed by atoms with Gasteiger partial charge in [0.2, 0.25) is 0 Å². The Morgan fingerprint density at radius 3 is 1.83 bits per heavy atom. The Kier molecular flexibility index (Phi) is 7.12. The molecule has 10 rings (SSSR count). The summed E-state index contributed by atoms with van der Waals surface area (Å²) < 4.78 is 6.47. The third-order valence-corrected chi connectivity index (χ3v) is 9.95. The van der Waals surface area contributed by atoms with E-state index in [-0.39, 0.29) is 0 Å². The Bertz CT molecular complexity index is 3070. The van der Waals surface area contributed by atoms with Crippen molar-refractivity contribution >= 4 is 43.5 Å². The third kappa shape index (κ3) is 5.38. The first-order valence-corrected chi connectivity index (χ1v) is 17.5. The average molecular weight is 677 g/mol. The first kappa shape index (κ1) is 30.4. The molecule has 2 aromatic heterocycles. The number of hydrogen-bond acceptors (Lipinski definition) is 5. The minimum absolute atomic E-state index is 0.556. The summed E-state index contributed by atoms with van der Waals surface area (Å²) in [6, 6.07) is 60.0. The first-order chi connectivity index (χ1) is 26.2. The van der Waals surface area contributed by atoms with Crippen LogP contribution in [0.1, 0.15) is 5.56 Å². The predicted molar refractivity (Wildman–Crippen MR) is 214 cm³/mol. The van der Waals surface area contributed by atoms with Gasteiger partial charge in [-0.2, -0.15) is 5.26 Å². The van der Waals surface area contributed by atoms with Gasteiger partial charge in [0.1, 0.15) is 11.2 Å². The molecule has 246 valence electrons. The molecule has 53 heavy (non-hydrogen) atoms. The van der Waals surface area contributed by atoms with Crippen molar-refractivity contribution in [2.75, 3.05) is 0 Å². The molecule has 10 aromatic rings. The molecule has 0 bridgehead atoms. The molecule has 0 aliphatic heterocycles. The molecule has 0 unspecified atom stereocenters. The van der Waals surface area contributed by atoms with Gasteiger partial charge in [-0.15, -0.1) is 0 Å². The fourth-order valence-corrected chi connectivity index (χ4v) is 7.32. The van der Waals surface area contributed by atoms with Gasteiger partial charge in [-0.25, -0.2) is 15.0 Å². The Hall–Kier alpha value is -7.42. The number of nitrogens with zero attached hydrogens (tertiary/aromatic N) is 4. The Balaban J connectivity index is 1.12. The molecule has 0 aliphatic carbocycles. The van der Waals surface area contributed by atoms with E-state index >= 15 is 0 Å². The topological polar surface area (TPSA) is 75.6 Å². The summed E-state index contributed by atoms with van der Waals surface area (Å²) in [4.78, 5) is 15.2. The van der Waals surface area contributed by atoms with Gasteiger partial charge in [-0.1, -0.05) is 133 Å². The summed E-state index contributed by atoms with van der Waals surface area (Å²) in [6.07, 6.45) is 0. The van der Waals surface area contributed by atoms with Gasteiger partial charge in [0, 0.05) is 27.5 Å². The minimum Gasteiger partial charge on any atom is -0.456 e. The largest absolute Gasteiger partial charge is 0.456 e. The van der Waals surface area contributed by atoms with Crippen molar-refractivity contribution in [3.8, 4) is 62.5 Å². The minimum atomic E-state index is 0.556. The number of nitriles is 1. The molecular formula is C48H28N4O. The monoisotopic (exact) mass is 676 g/mol. The number of aromatic nitrogens is 3. The van der Waals surface area contributed by atoms with Gasteiger partial charge in [-0.05, 0) is 80.2 Å². The van der Waals surface area contributed by atoms with E-state index in [1.165, 1.54) is 16.2 Å². The molecular weight excluding hydrogens is 649 g/mol. The van der Waals surface area contributed by atoms with Crippen LogP contribution < -0.4 is 0 Å². The summed E-state index contributed by atoms with van der Waals surface area (Å²) in [5.41, 5.74) is 9.08. The second-order valence-corrected chi connectivity index (χ2v) is 13.2. The van der Waals surface area contributed by atoms with Gasteiger partial charge < -0.3 is 4.42 Å². The first-order valence-electron chi connectivity index (χ1n) is 17.5. The van der Waals surface area contributed by atoms with Crippen LogP contribution >= 0.6 is 0 Å². The van der Waals surface area contributed by atoms with Crippen LogP contribution in [0.2, 0.25) is 0 Å². The molecule has 2 heterocycles. The number of furan rings is 1. The maximum Gasteiger partial charge on any atom is 0.164 e. The third-order valence-electron chi connectivity index (χ3n) is 9.95. The van der Waals surface area contributed by atoms with Crippen LogP contribution in [0.25, 0.3) is 99.9 Å². The van der Waals surface area contributed by atoms with Crippen LogP contribution in [-0.4, -0.2) is 15.0 Å². The highest BCUT2D eigenvalue weighted by Crippen LogP contribution is 2.38. The zero-order valence-electron chi connectivity index (χ0n) is 28.4. The number of fused-ring (bicyclic) bond motifs is 6. The van der Waals surface area contributed by atoms with Crippen molar-refractivity contribution in [1.82, 2.24) is 15.0 Å². The number of hydrogen-bond donors (Lipinski definition) is 0. The van der Waals surface area contributed by atoms with Crippen LogP contribution in [-0.2, 0) is 0 Å². The molecule has 5 heteroatoms. The van der Waals surface area contributed by atoms with Gasteiger partial charge in [0.05, 0.1) is 11.6 Å². The van der Waals surface area contributed by atoms with E-state index in [9.17, 15) is 5.26 Å². The highest BCUT2D eigenvalue weighted by Gasteiger charge is 2.17. The summed E-state index contributed by atoms with van der Waals surface area (Å²) in [5, 5.41) is 16.3. The Morgan fingerprint density at radius 1 is 0.396 bits per heavy atom. The average Bonchev–Trinajstić information content (AvgIpc) is 3.62. The van der Waals surface area contributed by atoms with E-state index in [1.807, 2.05) is 72.8 Å². The standard InChI is InChI=1S/C48H28N4O/c49-29-30-8-6-12-35(26-30)31-16-19-34(20-17-31)46-50-47(37-22-24-40-36(27-37)21-18-33-11-4-5-13-39(33)40)52-48(51-46)38-23-25-42-44(28-38)53-43-15-7-14-41(45(42)43)32-9-2-1-3-10-32/h1-28H. The molecule has 0 amide bonds. The molecule has 0 saturated heterocycles. The van der Waals surface area contributed by atoms with Crippen molar-refractivity contribution in [3.05, 3.63) is 175 Å². The molecule has 0 atom stereocenters. The lowest BCUT2D eigenvalue weighted by Gasteiger charge is -2.10. The molecule has 0 fully saturated rings. The summed E-state index contributed by atoms with van der Waals surface area (Å²) >= 11 is 0. The van der Waals surface area contributed by atoms with Gasteiger partial charge >= 0.3 is 0 Å². The number of rotatable bonds is 5. The molecule has 0 spiro atoms. The van der Waals surface area contributed by atoms with E-state index in [1.54, 1.807) is 0 Å². The summed E-state index contributed by atoms with van der Waals surface area (Å²) in [7, 11) is 0. The Labute approximate surface area is 305 Å². The van der Waals surface area contributed by atoms with Crippen molar-refractivity contribution < 1.29 is 4.42 Å². The maximum absolute atomic E-state index is 9.42. The molecule has 8 aromatic carbocycles. The van der Waals surface area contributed by atoms with Crippen molar-refractivity contribution in [2.24, 2.45) is 0 Å². The predicted octanol–water partition coefficient (Wildman–Crippen LogP) is 12.3. The maximum atomic E-state index is 9.42. The SMILES string of the molecule is N#Cc1cccc(-c2ccc(-c3nc(-c4ccc5c(ccc6ccccc65)c4)nc(-c4ccc5c(c4)oc4cccc(-c6ccccc6)c45)n3)cc2)c1. The molecule has 5 nitrogen and oxygen atoms in total. The zero-order chi connectivity index (χ0) is 35.3. The van der Waals surface area contributed by atoms with Crippen LogP contribution in [0.15, 0.2) is 174 Å². The van der Waals surface area contributed by atoms with E-state index in [2.05, 4.69) is 103 Å². The molecule has 0 N–H and O–H groups in total. The van der Waals surface area contributed by atoms with E-state index in [0.717, 1.165) is 66.3 Å². The quantitative estimate of drug-likeness (QED) is 0.170. The van der Waals surface area contributed by atoms with Gasteiger partial charge in [0.15, 0.2) is 17.5 Å². The Morgan fingerprint density at radius 2 is 1.02 bits per heavy atom. The highest BCUT2D eigenvalue weighted by atomic mass is 16.3. The molecule has 0 aliphatic rings. The van der Waals surface area contributed by atoms with Gasteiger partial charge in [0.25, 0.3) is 0 Å². The number of benzene rings is 8. The van der Waals surface area contributed by atoms with Crippen LogP contribution in [0, 0.1) is 11.3 Å². The molecule has 0 saturated carbocycles. The van der Waals surface area contributed by atoms with E-state index in [0.29, 0.717) is 23.0 Å². The van der Waals surface area contributed by atoms with Crippen molar-refractivity contribution in [3.63, 3.8) is 0 Å². The van der Waals surface area contributed by atoms with Gasteiger partial charge in [-0.3, -0.25) is 0 Å². The highest BCUT2D eigenvalue weighted by molar-refractivity contribution is 6.13. The lowest BCUT2D eigenvalue weighted by molar-refractivity contribution is 0.669. The summed E-state index contributed by atoms with van der Waals surface area (Å²) in [6.45, 7) is 0. The lowest BCUT2D eigenvalue weighted by atomic mass is 9.99. The lowest BCUT2D eigenvalue weighted by Crippen LogP contribution is -2.00. The van der Waals surface area contributed by atoms with Crippen LogP contribution in [0.3, 0.4) is 0 Å². The van der Waals surface area contributed by atoms with Crippen molar-refractivity contribution in [1.29, 1.82) is 5.26 Å². The van der Waals surface area contributed by atoms with Crippen LogP contribution in [0.5, 0.6) is 0 Å². The zero-order valence-corrected chi connectivity index (χ0v) is 28.4. The normalized spacial score (nSPS) is 11.4. The fraction of sp³-hybridized carbons (Fsp3) is 0. The smallest absolute Gasteiger partial charge is 0.164 e. The van der Waals surface area contributed by atoms with E-state index < -0.39 is 0 Å². The van der Waals surface area contributed by atoms with E-state index in [4.69, 9.17) is 19.4 Å². The van der Waals surface area contributed by atoms with Crippen LogP contribution in [0.4, 0.5) is 0 Å². The fourth-order valence-electron chi connectivity index (χ4n) is 7.32. The second kappa shape index (κ2) is 12.4. The summed E-state index contributed by atoms with van der Waals surface area (Å²) in [5.74, 6) is 1.71. The second-order valence-electron chi connectivity index (χ2n) is 13.2. The van der Waals surface area contributed by atoms with Crippen molar-refractivity contribution in [2.45, 2.75) is 0 Å².